The number of carboxylic acids is 1. The Bertz CT molecular complexity index is 995. The number of ketones is 1. The number of amidine groups is 1. The number of rotatable bonds is 10. The summed E-state index contributed by atoms with van der Waals surface area (Å²) >= 11 is 0. The number of aliphatic imine (C=N–C) groups is 1. The highest BCUT2D eigenvalue weighted by Crippen LogP contribution is 2.21. The fourth-order valence-corrected chi connectivity index (χ4v) is 3.34. The van der Waals surface area contributed by atoms with E-state index in [9.17, 15) is 27.9 Å². The third kappa shape index (κ3) is 14.1. The van der Waals surface area contributed by atoms with E-state index in [4.69, 9.17) is 15.0 Å². The van der Waals surface area contributed by atoms with Gasteiger partial charge in [-0.05, 0) is 72.9 Å². The van der Waals surface area contributed by atoms with E-state index in [1.807, 2.05) is 6.92 Å². The van der Waals surface area contributed by atoms with Crippen LogP contribution in [0.2, 0.25) is 0 Å². The number of nitrogens with zero attached hydrogens (tertiary/aromatic N) is 1. The predicted octanol–water partition coefficient (Wildman–Crippen LogP) is 3.10. The van der Waals surface area contributed by atoms with E-state index >= 15 is 0 Å². The van der Waals surface area contributed by atoms with Crippen molar-refractivity contribution in [3.63, 3.8) is 0 Å². The lowest BCUT2D eigenvalue weighted by molar-refractivity contribution is -0.147. The van der Waals surface area contributed by atoms with E-state index in [0.29, 0.717) is 25.2 Å². The maximum Gasteiger partial charge on any atom is 0.408 e. The summed E-state index contributed by atoms with van der Waals surface area (Å²) in [5.74, 6) is -1.14. The second-order valence-corrected chi connectivity index (χ2v) is 10.6. The van der Waals surface area contributed by atoms with Gasteiger partial charge < -0.3 is 20.9 Å². The van der Waals surface area contributed by atoms with Gasteiger partial charge in [-0.15, -0.1) is 0 Å². The van der Waals surface area contributed by atoms with Gasteiger partial charge in [0.1, 0.15) is 16.9 Å². The summed E-state index contributed by atoms with van der Waals surface area (Å²) in [6, 6.07) is 5.99. The molecule has 0 saturated heterocycles. The van der Waals surface area contributed by atoms with Crippen molar-refractivity contribution in [2.45, 2.75) is 83.3 Å². The Morgan fingerprint density at radius 3 is 2.03 bits per heavy atom. The number of Topliss-reactive ketones (excluding diaryl/α,β-unsaturated/α-hetero) is 1. The fourth-order valence-electron chi connectivity index (χ4n) is 2.86. The molecule has 5 N–H and O–H groups in total. The number of aryl methyl sites for hydroxylation is 1. The molecule has 1 amide bonds. The van der Waals surface area contributed by atoms with Crippen LogP contribution in [0, 0.1) is 6.92 Å². The van der Waals surface area contributed by atoms with Gasteiger partial charge in [-0.2, -0.15) is 8.42 Å². The van der Waals surface area contributed by atoms with Crippen molar-refractivity contribution in [1.82, 2.24) is 5.32 Å². The molecule has 0 fully saturated rings. The van der Waals surface area contributed by atoms with Gasteiger partial charge in [-0.3, -0.25) is 14.3 Å². The van der Waals surface area contributed by atoms with Crippen molar-refractivity contribution in [2.75, 3.05) is 6.54 Å². The number of hydrogen-bond acceptors (Lipinski definition) is 7. The Morgan fingerprint density at radius 1 is 1.09 bits per heavy atom. The van der Waals surface area contributed by atoms with Crippen LogP contribution in [0.5, 0.6) is 0 Å². The summed E-state index contributed by atoms with van der Waals surface area (Å²) in [6.07, 6.45) is -0.00741. The number of aliphatic carboxylic acids is 1. The third-order valence-corrected chi connectivity index (χ3v) is 5.26. The van der Waals surface area contributed by atoms with Crippen LogP contribution in [0.4, 0.5) is 4.79 Å². The standard InChI is InChI=1S/C16H29N3O5.C7H8O3S/c1-11(20)10-16(13(21)22,8-6-7-9-18-12(2)17)19-14(23)24-15(3,4)5;1-6-2-4-7(5-3-6)11(8,9)10/h6-10H2,1-5H3,(H2,17,18)(H,19,23)(H,21,22);2-5H,1H3,(H,8,9,10). The third-order valence-electron chi connectivity index (χ3n) is 4.39. The van der Waals surface area contributed by atoms with E-state index in [-0.39, 0.29) is 23.5 Å². The van der Waals surface area contributed by atoms with Crippen molar-refractivity contribution in [3.8, 4) is 0 Å². The van der Waals surface area contributed by atoms with Crippen molar-refractivity contribution < 1.29 is 37.2 Å². The molecule has 11 nitrogen and oxygen atoms in total. The summed E-state index contributed by atoms with van der Waals surface area (Å²) < 4.78 is 34.7. The zero-order chi connectivity index (χ0) is 27.4. The average Bonchev–Trinajstić information content (AvgIpc) is 2.65. The van der Waals surface area contributed by atoms with E-state index in [1.54, 1.807) is 39.8 Å². The highest BCUT2D eigenvalue weighted by atomic mass is 32.2. The quantitative estimate of drug-likeness (QED) is 0.157. The Labute approximate surface area is 206 Å². The number of carboxylic acid groups (broad SMARTS) is 1. The first-order chi connectivity index (χ1) is 15.9. The van der Waals surface area contributed by atoms with Gasteiger partial charge in [-0.1, -0.05) is 17.7 Å². The summed E-state index contributed by atoms with van der Waals surface area (Å²) in [6.45, 7) is 10.3. The highest BCUT2D eigenvalue weighted by molar-refractivity contribution is 7.85. The van der Waals surface area contributed by atoms with Crippen LogP contribution in [0.3, 0.4) is 0 Å². The maximum absolute atomic E-state index is 12.0. The van der Waals surface area contributed by atoms with Crippen molar-refractivity contribution in [1.29, 1.82) is 0 Å². The molecule has 0 spiro atoms. The van der Waals surface area contributed by atoms with E-state index in [2.05, 4.69) is 10.3 Å². The van der Waals surface area contributed by atoms with Crippen molar-refractivity contribution >= 4 is 33.8 Å². The molecular weight excluding hydrogens is 478 g/mol. The molecule has 198 valence electrons. The molecule has 1 aromatic carbocycles. The van der Waals surface area contributed by atoms with Crippen LogP contribution >= 0.6 is 0 Å². The molecule has 1 atom stereocenters. The van der Waals surface area contributed by atoms with Crippen LogP contribution < -0.4 is 11.1 Å². The van der Waals surface area contributed by atoms with Gasteiger partial charge in [0.2, 0.25) is 0 Å². The summed E-state index contributed by atoms with van der Waals surface area (Å²) in [5, 5.41) is 12.0. The first-order valence-corrected chi connectivity index (χ1v) is 12.4. The Kier molecular flexibility index (Phi) is 12.6. The highest BCUT2D eigenvalue weighted by Gasteiger charge is 2.41. The van der Waals surface area contributed by atoms with Gasteiger partial charge in [0.25, 0.3) is 10.1 Å². The monoisotopic (exact) mass is 515 g/mol. The SMILES string of the molecule is CC(=O)CC(CCCCN=C(C)N)(NC(=O)OC(C)(C)C)C(=O)O.Cc1ccc(S(=O)(=O)O)cc1. The second-order valence-electron chi connectivity index (χ2n) is 9.16. The zero-order valence-corrected chi connectivity index (χ0v) is 21.9. The number of hydrogen-bond donors (Lipinski definition) is 4. The fraction of sp³-hybridized carbons (Fsp3) is 0.565. The predicted molar refractivity (Wildman–Crippen MR) is 132 cm³/mol. The zero-order valence-electron chi connectivity index (χ0n) is 21.1. The first kappa shape index (κ1) is 32.0. The molecular formula is C23H37N3O8S. The largest absolute Gasteiger partial charge is 0.479 e. The lowest BCUT2D eigenvalue weighted by atomic mass is 9.87. The number of amides is 1. The smallest absolute Gasteiger partial charge is 0.408 e. The van der Waals surface area contributed by atoms with E-state index in [0.717, 1.165) is 5.56 Å². The van der Waals surface area contributed by atoms with Gasteiger partial charge in [-0.25, -0.2) is 9.59 Å². The van der Waals surface area contributed by atoms with E-state index < -0.39 is 33.3 Å². The minimum absolute atomic E-state index is 0.0666. The second kappa shape index (κ2) is 13.8. The molecule has 0 bridgehead atoms. The molecule has 35 heavy (non-hydrogen) atoms. The van der Waals surface area contributed by atoms with Crippen LogP contribution in [-0.4, -0.2) is 59.4 Å². The van der Waals surface area contributed by atoms with Gasteiger partial charge in [0.05, 0.1) is 10.7 Å². The molecule has 1 unspecified atom stereocenters. The topological polar surface area (TPSA) is 185 Å². The normalized spacial score (nSPS) is 13.6. The van der Waals surface area contributed by atoms with Crippen molar-refractivity contribution in [3.05, 3.63) is 29.8 Å². The molecule has 0 saturated carbocycles. The number of carbonyl (C=O) groups excluding carboxylic acids is 2. The van der Waals surface area contributed by atoms with Gasteiger partial charge in [0.15, 0.2) is 0 Å². The van der Waals surface area contributed by atoms with Crippen molar-refractivity contribution in [2.24, 2.45) is 10.7 Å². The van der Waals surface area contributed by atoms with E-state index in [1.165, 1.54) is 19.1 Å². The summed E-state index contributed by atoms with van der Waals surface area (Å²) in [4.78, 5) is 39.2. The number of carbonyl (C=O) groups is 3. The first-order valence-electron chi connectivity index (χ1n) is 10.9. The number of alkyl carbamates (subject to hydrolysis) is 1. The summed E-state index contributed by atoms with van der Waals surface area (Å²) in [5.41, 5.74) is 3.94. The number of unbranched alkanes of at least 4 members (excludes halogenated alkanes) is 1. The molecule has 0 aliphatic carbocycles. The molecule has 0 aromatic heterocycles. The lowest BCUT2D eigenvalue weighted by Gasteiger charge is -2.31. The number of ether oxygens (including phenoxy) is 1. The maximum atomic E-state index is 12.0. The molecule has 1 rings (SSSR count). The molecule has 1 aromatic rings. The molecule has 0 aliphatic rings. The summed E-state index contributed by atoms with van der Waals surface area (Å²) in [7, 11) is -4.02. The number of nitrogens with two attached hydrogens (primary N) is 1. The molecule has 0 aliphatic heterocycles. The van der Waals surface area contributed by atoms with Crippen LogP contribution in [0.25, 0.3) is 0 Å². The molecule has 0 heterocycles. The van der Waals surface area contributed by atoms with Gasteiger partial charge >= 0.3 is 12.1 Å². The number of benzene rings is 1. The minimum atomic E-state index is -4.02. The lowest BCUT2D eigenvalue weighted by Crippen LogP contribution is -2.56. The molecule has 12 heteroatoms. The Balaban J connectivity index is 0.000000867. The minimum Gasteiger partial charge on any atom is -0.479 e. The van der Waals surface area contributed by atoms with Crippen LogP contribution in [0.15, 0.2) is 34.2 Å². The molecule has 0 radical (unpaired) electrons. The number of nitrogens with one attached hydrogen (secondary N) is 1. The van der Waals surface area contributed by atoms with Crippen LogP contribution in [0.1, 0.15) is 65.9 Å². The Hall–Kier alpha value is -2.99. The van der Waals surface area contributed by atoms with Crippen LogP contribution in [-0.2, 0) is 24.4 Å². The average molecular weight is 516 g/mol. The van der Waals surface area contributed by atoms with Gasteiger partial charge in [0, 0.05) is 13.0 Å². The Morgan fingerprint density at radius 2 is 1.63 bits per heavy atom.